The predicted molar refractivity (Wildman–Crippen MR) is 124 cm³/mol. The van der Waals surface area contributed by atoms with Gasteiger partial charge in [-0.15, -0.1) is 13.2 Å². The fourth-order valence-electron chi connectivity index (χ4n) is 8.90. The molecule has 5 rings (SSSR count). The lowest BCUT2D eigenvalue weighted by molar-refractivity contribution is -0.242. The first-order valence-corrected chi connectivity index (χ1v) is 12.4. The Bertz CT molecular complexity index is 923. The molecule has 1 heterocycles. The lowest BCUT2D eigenvalue weighted by atomic mass is 9.44. The summed E-state index contributed by atoms with van der Waals surface area (Å²) in [5.41, 5.74) is 1.19. The number of allylic oxidation sites excluding steroid dienone is 5. The van der Waals surface area contributed by atoms with E-state index >= 15 is 0 Å². The van der Waals surface area contributed by atoms with Crippen molar-refractivity contribution in [1.29, 1.82) is 5.26 Å². The number of nitrogens with zero attached hydrogens (tertiary/aromatic N) is 1. The first kappa shape index (κ1) is 22.0. The molecule has 1 N–H and O–H groups in total. The molecule has 5 aliphatic rings. The number of aliphatic hydroxyl groups is 1. The Morgan fingerprint density at radius 3 is 2.41 bits per heavy atom. The minimum atomic E-state index is -0.581. The van der Waals surface area contributed by atoms with Gasteiger partial charge in [-0.25, -0.2) is 0 Å². The molecule has 3 unspecified atom stereocenters. The fraction of sp³-hybridized carbons (Fsp3) is 0.679. The smallest absolute Gasteiger partial charge is 0.174 e. The van der Waals surface area contributed by atoms with Crippen LogP contribution in [-0.2, 0) is 9.47 Å². The van der Waals surface area contributed by atoms with E-state index in [4.69, 9.17) is 9.47 Å². The molecule has 0 bridgehead atoms. The van der Waals surface area contributed by atoms with Gasteiger partial charge < -0.3 is 14.6 Å². The molecule has 1 spiro atoms. The molecule has 4 heteroatoms. The standard InChI is InChI=1S/C28H37NO3/c1-5-11-27(12-6-2)23-8-7-20-21(25(23,3)17-19(18-29)24(27)30)9-13-26(4)22(20)10-14-28(26)31-15-16-32-28/h5-6,8,20-22,30H,1-2,7,9-17H2,3-4H3/t20?,21-,22-,25?,26?/m0/s1. The Hall–Kier alpha value is -1.83. The molecule has 3 fully saturated rings. The normalized spacial score (nSPS) is 41.3. The van der Waals surface area contributed by atoms with Gasteiger partial charge in [0.05, 0.1) is 30.3 Å². The molecule has 5 atom stereocenters. The van der Waals surface area contributed by atoms with E-state index in [2.05, 4.69) is 39.2 Å². The second kappa shape index (κ2) is 7.34. The van der Waals surface area contributed by atoms with Gasteiger partial charge in [0.15, 0.2) is 5.79 Å². The molecule has 32 heavy (non-hydrogen) atoms. The molecule has 0 aromatic heterocycles. The Morgan fingerprint density at radius 1 is 1.12 bits per heavy atom. The minimum Gasteiger partial charge on any atom is -0.510 e. The first-order chi connectivity index (χ1) is 15.3. The summed E-state index contributed by atoms with van der Waals surface area (Å²) in [6, 6.07) is 2.37. The second-order valence-electron chi connectivity index (χ2n) is 11.3. The summed E-state index contributed by atoms with van der Waals surface area (Å²) in [6.07, 6.45) is 13.4. The average Bonchev–Trinajstić information content (AvgIpc) is 3.37. The molecule has 4 nitrogen and oxygen atoms in total. The highest BCUT2D eigenvalue weighted by Crippen LogP contribution is 2.71. The van der Waals surface area contributed by atoms with E-state index in [1.54, 1.807) is 0 Å². The van der Waals surface area contributed by atoms with Crippen LogP contribution >= 0.6 is 0 Å². The Morgan fingerprint density at radius 2 is 1.78 bits per heavy atom. The van der Waals surface area contributed by atoms with Crippen LogP contribution in [0.2, 0.25) is 0 Å². The lowest BCUT2D eigenvalue weighted by Gasteiger charge is -2.60. The summed E-state index contributed by atoms with van der Waals surface area (Å²) in [5, 5.41) is 21.3. The van der Waals surface area contributed by atoms with Gasteiger partial charge in [-0.1, -0.05) is 37.6 Å². The van der Waals surface area contributed by atoms with Crippen molar-refractivity contribution in [2.75, 3.05) is 13.2 Å². The molecular formula is C28H37NO3. The molecule has 0 aromatic carbocycles. The molecule has 0 radical (unpaired) electrons. The number of nitriles is 1. The topological polar surface area (TPSA) is 62.5 Å². The van der Waals surface area contributed by atoms with Gasteiger partial charge in [-0.3, -0.25) is 0 Å². The molecule has 4 aliphatic carbocycles. The maximum Gasteiger partial charge on any atom is 0.174 e. The molecule has 1 saturated heterocycles. The SMILES string of the molecule is C=CCC1(CC=C)C2=CCC3[C@H](CCC4(C)[C@H]3CCC43OCCO3)C2(C)CC(C#N)=C1O. The third-order valence-electron chi connectivity index (χ3n) is 10.2. The van der Waals surface area contributed by atoms with Crippen LogP contribution in [0.15, 0.2) is 48.3 Å². The highest BCUT2D eigenvalue weighted by Gasteiger charge is 2.67. The number of rotatable bonds is 4. The first-order valence-electron chi connectivity index (χ1n) is 12.4. The number of ether oxygens (including phenoxy) is 2. The summed E-state index contributed by atoms with van der Waals surface area (Å²) in [6.45, 7) is 14.2. The molecule has 1 aliphatic heterocycles. The van der Waals surface area contributed by atoms with E-state index in [-0.39, 0.29) is 16.6 Å². The fourth-order valence-corrected chi connectivity index (χ4v) is 8.90. The summed E-state index contributed by atoms with van der Waals surface area (Å²) in [7, 11) is 0. The lowest BCUT2D eigenvalue weighted by Crippen LogP contribution is -2.56. The third kappa shape index (κ3) is 2.56. The molecule has 0 aromatic rings. The van der Waals surface area contributed by atoms with Crippen LogP contribution in [0.25, 0.3) is 0 Å². The Balaban J connectivity index is 1.59. The van der Waals surface area contributed by atoms with Crippen molar-refractivity contribution in [3.63, 3.8) is 0 Å². The van der Waals surface area contributed by atoms with Crippen molar-refractivity contribution in [2.45, 2.75) is 71.0 Å². The third-order valence-corrected chi connectivity index (χ3v) is 10.2. The zero-order valence-corrected chi connectivity index (χ0v) is 19.7. The van der Waals surface area contributed by atoms with E-state index < -0.39 is 11.2 Å². The molecule has 172 valence electrons. The quantitative estimate of drug-likeness (QED) is 0.520. The molecule has 0 amide bonds. The van der Waals surface area contributed by atoms with E-state index in [0.717, 1.165) is 32.1 Å². The number of hydrogen-bond donors (Lipinski definition) is 1. The summed E-state index contributed by atoms with van der Waals surface area (Å²) >= 11 is 0. The van der Waals surface area contributed by atoms with Crippen LogP contribution in [0.3, 0.4) is 0 Å². The van der Waals surface area contributed by atoms with Gasteiger partial charge >= 0.3 is 0 Å². The van der Waals surface area contributed by atoms with Gasteiger partial charge in [-0.05, 0) is 68.1 Å². The second-order valence-corrected chi connectivity index (χ2v) is 11.3. The highest BCUT2D eigenvalue weighted by atomic mass is 16.7. The average molecular weight is 436 g/mol. The van der Waals surface area contributed by atoms with Crippen LogP contribution in [0.1, 0.15) is 65.2 Å². The van der Waals surface area contributed by atoms with Crippen molar-refractivity contribution >= 4 is 0 Å². The number of fused-ring (bicyclic) bond motifs is 6. The largest absolute Gasteiger partial charge is 0.510 e. The molecule has 2 saturated carbocycles. The Kier molecular flexibility index (Phi) is 5.04. The van der Waals surface area contributed by atoms with Gasteiger partial charge in [0.25, 0.3) is 0 Å². The van der Waals surface area contributed by atoms with E-state index in [1.807, 2.05) is 12.2 Å². The zero-order valence-electron chi connectivity index (χ0n) is 19.7. The number of aliphatic hydroxyl groups excluding tert-OH is 1. The van der Waals surface area contributed by atoms with Gasteiger partial charge in [0, 0.05) is 11.8 Å². The Labute approximate surface area is 192 Å². The minimum absolute atomic E-state index is 0.0520. The van der Waals surface area contributed by atoms with Crippen molar-refractivity contribution in [3.05, 3.63) is 48.3 Å². The van der Waals surface area contributed by atoms with E-state index in [1.165, 1.54) is 5.57 Å². The maximum atomic E-state index is 11.3. The van der Waals surface area contributed by atoms with Crippen molar-refractivity contribution in [1.82, 2.24) is 0 Å². The highest BCUT2D eigenvalue weighted by molar-refractivity contribution is 5.47. The van der Waals surface area contributed by atoms with Crippen LogP contribution in [-0.4, -0.2) is 24.1 Å². The van der Waals surface area contributed by atoms with Crippen molar-refractivity contribution < 1.29 is 14.6 Å². The zero-order chi connectivity index (χ0) is 22.8. The van der Waals surface area contributed by atoms with E-state index in [9.17, 15) is 10.4 Å². The van der Waals surface area contributed by atoms with Crippen molar-refractivity contribution in [2.24, 2.45) is 34.0 Å². The predicted octanol–water partition coefficient (Wildman–Crippen LogP) is 6.39. The van der Waals surface area contributed by atoms with E-state index in [0.29, 0.717) is 55.8 Å². The van der Waals surface area contributed by atoms with Gasteiger partial charge in [0.2, 0.25) is 0 Å². The summed E-state index contributed by atoms with van der Waals surface area (Å²) < 4.78 is 12.6. The molecular weight excluding hydrogens is 398 g/mol. The van der Waals surface area contributed by atoms with Crippen LogP contribution in [0, 0.1) is 45.3 Å². The van der Waals surface area contributed by atoms with Crippen LogP contribution < -0.4 is 0 Å². The summed E-state index contributed by atoms with van der Waals surface area (Å²) in [5.74, 6) is 1.45. The number of hydrogen-bond acceptors (Lipinski definition) is 4. The summed E-state index contributed by atoms with van der Waals surface area (Å²) in [4.78, 5) is 0. The van der Waals surface area contributed by atoms with Gasteiger partial charge in [-0.2, -0.15) is 5.26 Å². The van der Waals surface area contributed by atoms with Crippen LogP contribution in [0.5, 0.6) is 0 Å². The van der Waals surface area contributed by atoms with Crippen molar-refractivity contribution in [3.8, 4) is 6.07 Å². The maximum absolute atomic E-state index is 11.3. The van der Waals surface area contributed by atoms with Gasteiger partial charge in [0.1, 0.15) is 5.76 Å². The van der Waals surface area contributed by atoms with Crippen LogP contribution in [0.4, 0.5) is 0 Å². The monoisotopic (exact) mass is 435 g/mol.